The Morgan fingerprint density at radius 2 is 1.67 bits per heavy atom. The lowest BCUT2D eigenvalue weighted by Crippen LogP contribution is -2.30. The third kappa shape index (κ3) is 9.00. The van der Waals surface area contributed by atoms with Crippen molar-refractivity contribution in [3.63, 3.8) is 0 Å². The van der Waals surface area contributed by atoms with Crippen molar-refractivity contribution < 1.29 is 18.8 Å². The zero-order valence-electron chi connectivity index (χ0n) is 24.5. The first kappa shape index (κ1) is 32.8. The van der Waals surface area contributed by atoms with E-state index in [4.69, 9.17) is 0 Å². The third-order valence-electron chi connectivity index (χ3n) is 6.62. The highest BCUT2D eigenvalue weighted by Gasteiger charge is 2.20. The molecule has 232 valence electrons. The Kier molecular flexibility index (Phi) is 11.1. The van der Waals surface area contributed by atoms with Gasteiger partial charge in [0.05, 0.1) is 10.9 Å². The van der Waals surface area contributed by atoms with Gasteiger partial charge in [0.15, 0.2) is 5.13 Å². The van der Waals surface area contributed by atoms with Gasteiger partial charge in [-0.1, -0.05) is 59.3 Å². The summed E-state index contributed by atoms with van der Waals surface area (Å²) in [6.07, 6.45) is 2.16. The Morgan fingerprint density at radius 3 is 2.39 bits per heavy atom. The first-order valence-electron chi connectivity index (χ1n) is 14.2. The molecule has 46 heavy (non-hydrogen) atoms. The van der Waals surface area contributed by atoms with Crippen LogP contribution in [0.5, 0.6) is 0 Å². The molecular formula is C35H28BrFN4O3S2. The van der Waals surface area contributed by atoms with E-state index < -0.39 is 17.1 Å². The number of hydrogen-bond donors (Lipinski definition) is 3. The molecule has 0 spiro atoms. The summed E-state index contributed by atoms with van der Waals surface area (Å²) in [5.74, 6) is -1.44. The second kappa shape index (κ2) is 15.6. The van der Waals surface area contributed by atoms with Crippen LogP contribution in [0, 0.1) is 5.82 Å². The fourth-order valence-corrected chi connectivity index (χ4v) is 6.27. The molecule has 5 aromatic rings. The number of thioether (sulfide) groups is 1. The minimum absolute atomic E-state index is 0.0727. The minimum Gasteiger partial charge on any atom is -0.321 e. The Morgan fingerprint density at radius 1 is 0.935 bits per heavy atom. The molecule has 0 aliphatic heterocycles. The van der Waals surface area contributed by atoms with E-state index in [2.05, 4.69) is 36.9 Å². The molecule has 5 rings (SSSR count). The Balaban J connectivity index is 1.27. The van der Waals surface area contributed by atoms with Crippen molar-refractivity contribution in [2.45, 2.75) is 23.5 Å². The highest BCUT2D eigenvalue weighted by atomic mass is 79.9. The number of carbonyl (C=O) groups is 3. The average molecular weight is 716 g/mol. The third-order valence-corrected chi connectivity index (χ3v) is 9.26. The molecule has 0 saturated carbocycles. The molecule has 3 amide bonds. The number of carbonyl (C=O) groups excluding carboxylic acids is 3. The number of thiazole rings is 1. The molecule has 11 heteroatoms. The van der Waals surface area contributed by atoms with Crippen molar-refractivity contribution in [1.29, 1.82) is 0 Å². The first-order chi connectivity index (χ1) is 22.3. The molecule has 1 heterocycles. The zero-order chi connectivity index (χ0) is 32.5. The van der Waals surface area contributed by atoms with Crippen LogP contribution in [0.3, 0.4) is 0 Å². The molecule has 0 saturated heterocycles. The molecule has 3 N–H and O–H groups in total. The maximum absolute atomic E-state index is 13.5. The molecular weight excluding hydrogens is 687 g/mol. The van der Waals surface area contributed by atoms with E-state index in [1.165, 1.54) is 35.2 Å². The second-order valence-electron chi connectivity index (χ2n) is 9.96. The predicted molar refractivity (Wildman–Crippen MR) is 187 cm³/mol. The van der Waals surface area contributed by atoms with Crippen LogP contribution in [0.2, 0.25) is 0 Å². The molecule has 0 fully saturated rings. The van der Waals surface area contributed by atoms with Crippen molar-refractivity contribution in [3.05, 3.63) is 136 Å². The van der Waals surface area contributed by atoms with Gasteiger partial charge in [-0.15, -0.1) is 23.1 Å². The first-order valence-corrected chi connectivity index (χ1v) is 16.8. The number of anilines is 2. The predicted octanol–water partition coefficient (Wildman–Crippen LogP) is 8.63. The van der Waals surface area contributed by atoms with Crippen molar-refractivity contribution in [1.82, 2.24) is 10.3 Å². The Hall–Kier alpha value is -4.58. The molecule has 1 aromatic heterocycles. The normalized spacial score (nSPS) is 11.8. The summed E-state index contributed by atoms with van der Waals surface area (Å²) in [7, 11) is 0. The van der Waals surface area contributed by atoms with E-state index in [9.17, 15) is 18.8 Å². The molecule has 0 radical (unpaired) electrons. The van der Waals surface area contributed by atoms with Gasteiger partial charge in [0.1, 0.15) is 11.5 Å². The standard InChI is InChI=1S/C35H28BrFN4O3S2/c1-2-31(34(44)41-35-40-30(21-45-35)23-13-17-26(37)18-14-23)46-28-10-6-9-27(20-28)38-33(43)29(19-22-11-15-25(36)16-12-22)39-32(42)24-7-4-3-5-8-24/h3-21,31H,2H2,1H3,(H,38,43)(H,39,42)(H,40,41,44)/b29-19-. The summed E-state index contributed by atoms with van der Waals surface area (Å²) in [5, 5.41) is 10.3. The van der Waals surface area contributed by atoms with Gasteiger partial charge in [0.2, 0.25) is 5.91 Å². The summed E-state index contributed by atoms with van der Waals surface area (Å²) in [6, 6.07) is 29.2. The molecule has 0 aliphatic carbocycles. The molecule has 0 aliphatic rings. The van der Waals surface area contributed by atoms with Gasteiger partial charge >= 0.3 is 0 Å². The molecule has 7 nitrogen and oxygen atoms in total. The molecule has 1 unspecified atom stereocenters. The van der Waals surface area contributed by atoms with Crippen molar-refractivity contribution in [2.24, 2.45) is 0 Å². The molecule has 1 atom stereocenters. The van der Waals surface area contributed by atoms with E-state index in [0.717, 1.165) is 20.5 Å². The molecule has 0 bridgehead atoms. The largest absolute Gasteiger partial charge is 0.321 e. The van der Waals surface area contributed by atoms with Crippen molar-refractivity contribution in [3.8, 4) is 11.3 Å². The van der Waals surface area contributed by atoms with Gasteiger partial charge in [-0.05, 0) is 84.8 Å². The summed E-state index contributed by atoms with van der Waals surface area (Å²) < 4.78 is 14.2. The van der Waals surface area contributed by atoms with Gasteiger partial charge in [0.25, 0.3) is 11.8 Å². The van der Waals surface area contributed by atoms with Crippen LogP contribution in [-0.2, 0) is 9.59 Å². The highest BCUT2D eigenvalue weighted by molar-refractivity contribution is 9.10. The lowest BCUT2D eigenvalue weighted by molar-refractivity contribution is -0.116. The topological polar surface area (TPSA) is 100 Å². The lowest BCUT2D eigenvalue weighted by Gasteiger charge is -2.15. The van der Waals surface area contributed by atoms with Gasteiger partial charge in [-0.2, -0.15) is 0 Å². The van der Waals surface area contributed by atoms with Crippen LogP contribution in [0.1, 0.15) is 29.3 Å². The number of aromatic nitrogens is 1. The van der Waals surface area contributed by atoms with Crippen LogP contribution in [0.4, 0.5) is 15.2 Å². The highest BCUT2D eigenvalue weighted by Crippen LogP contribution is 2.30. The number of benzene rings is 4. The van der Waals surface area contributed by atoms with E-state index in [-0.39, 0.29) is 17.4 Å². The van der Waals surface area contributed by atoms with Gasteiger partial charge in [-0.3, -0.25) is 14.4 Å². The number of hydrogen-bond acceptors (Lipinski definition) is 6. The summed E-state index contributed by atoms with van der Waals surface area (Å²) in [4.78, 5) is 44.8. The van der Waals surface area contributed by atoms with Gasteiger partial charge in [0, 0.05) is 31.6 Å². The van der Waals surface area contributed by atoms with Crippen LogP contribution in [0.25, 0.3) is 17.3 Å². The lowest BCUT2D eigenvalue weighted by atomic mass is 10.1. The van der Waals surface area contributed by atoms with Gasteiger partial charge < -0.3 is 16.0 Å². The SMILES string of the molecule is CCC(Sc1cccc(NC(=O)/C(=C/c2ccc(Br)cc2)NC(=O)c2ccccc2)c1)C(=O)Nc1nc(-c2ccc(F)cc2)cs1. The number of halogens is 2. The smallest absolute Gasteiger partial charge is 0.272 e. The van der Waals surface area contributed by atoms with E-state index in [0.29, 0.717) is 28.5 Å². The maximum atomic E-state index is 13.5. The van der Waals surface area contributed by atoms with Crippen LogP contribution in [-0.4, -0.2) is 28.0 Å². The van der Waals surface area contributed by atoms with E-state index in [1.54, 1.807) is 60.7 Å². The summed E-state index contributed by atoms with van der Waals surface area (Å²) in [6.45, 7) is 1.92. The monoisotopic (exact) mass is 714 g/mol. The van der Waals surface area contributed by atoms with Crippen molar-refractivity contribution >= 4 is 73.6 Å². The number of rotatable bonds is 11. The summed E-state index contributed by atoms with van der Waals surface area (Å²) >= 11 is 6.07. The minimum atomic E-state index is -0.500. The van der Waals surface area contributed by atoms with Crippen LogP contribution < -0.4 is 16.0 Å². The summed E-state index contributed by atoms with van der Waals surface area (Å²) in [5.41, 5.74) is 3.13. The van der Waals surface area contributed by atoms with Crippen molar-refractivity contribution in [2.75, 3.05) is 10.6 Å². The Labute approximate surface area is 282 Å². The average Bonchev–Trinajstić information content (AvgIpc) is 3.53. The Bertz CT molecular complexity index is 1860. The second-order valence-corrected chi connectivity index (χ2v) is 13.0. The van der Waals surface area contributed by atoms with E-state index >= 15 is 0 Å². The number of amides is 3. The fraction of sp³-hybridized carbons (Fsp3) is 0.0857. The maximum Gasteiger partial charge on any atom is 0.272 e. The zero-order valence-corrected chi connectivity index (χ0v) is 27.7. The van der Waals surface area contributed by atoms with E-state index in [1.807, 2.05) is 48.7 Å². The fourth-order valence-electron chi connectivity index (χ4n) is 4.27. The quantitative estimate of drug-likeness (QED) is 0.0940. The van der Waals surface area contributed by atoms with Crippen LogP contribution in [0.15, 0.2) is 124 Å². The number of nitrogens with zero attached hydrogens (tertiary/aromatic N) is 1. The number of nitrogens with one attached hydrogen (secondary N) is 3. The van der Waals surface area contributed by atoms with Gasteiger partial charge in [-0.25, -0.2) is 9.37 Å². The van der Waals surface area contributed by atoms with Crippen LogP contribution >= 0.6 is 39.0 Å². The molecule has 4 aromatic carbocycles.